The summed E-state index contributed by atoms with van der Waals surface area (Å²) < 4.78 is 6.81. The molecule has 7 nitrogen and oxygen atoms in total. The van der Waals surface area contributed by atoms with Gasteiger partial charge in [0.1, 0.15) is 0 Å². The quantitative estimate of drug-likeness (QED) is 0.201. The Kier molecular flexibility index (Phi) is 6.64. The van der Waals surface area contributed by atoms with Crippen molar-refractivity contribution < 1.29 is 14.3 Å². The smallest absolute Gasteiger partial charge is 0.339 e. The van der Waals surface area contributed by atoms with Gasteiger partial charge in [0.25, 0.3) is 0 Å². The molecule has 0 saturated heterocycles. The zero-order valence-electron chi connectivity index (χ0n) is 20.3. The average molecular weight is 481 g/mol. The number of nitrogens with zero attached hydrogens (tertiary/aromatic N) is 2. The number of anilines is 1. The molecule has 0 amide bonds. The summed E-state index contributed by atoms with van der Waals surface area (Å²) in [5, 5.41) is 7.02. The summed E-state index contributed by atoms with van der Waals surface area (Å²) in [7, 11) is 1.34. The van der Waals surface area contributed by atoms with E-state index in [1.807, 2.05) is 30.3 Å². The highest BCUT2D eigenvalue weighted by molar-refractivity contribution is 6.09. The molecule has 0 fully saturated rings. The third kappa shape index (κ3) is 4.41. The van der Waals surface area contributed by atoms with Crippen LogP contribution in [0.4, 0.5) is 5.69 Å². The summed E-state index contributed by atoms with van der Waals surface area (Å²) in [4.78, 5) is 30.4. The standard InChI is InChI=1S/C29H28N4O3/c1-3-13-30-17-21-15-19-8-4-5-10-23(19)26(21)32-25-12-11-20(16-24(25)29(35)36-2)27(34)28-31-18-22-9-6-7-14-33(22)28/h4-12,14-16,18,26,30,32H,3,13,17H2,1-2H3. The maximum absolute atomic E-state index is 13.3. The first-order valence-corrected chi connectivity index (χ1v) is 12.1. The van der Waals surface area contributed by atoms with Crippen molar-refractivity contribution in [1.82, 2.24) is 14.7 Å². The second-order valence-corrected chi connectivity index (χ2v) is 8.76. The Labute approximate surface area is 209 Å². The topological polar surface area (TPSA) is 84.7 Å². The number of esters is 1. The molecule has 1 aliphatic rings. The minimum absolute atomic E-state index is 0.105. The van der Waals surface area contributed by atoms with Gasteiger partial charge in [-0.3, -0.25) is 9.20 Å². The number of carbonyl (C=O) groups excluding carboxylic acids is 2. The number of imidazole rings is 1. The lowest BCUT2D eigenvalue weighted by molar-refractivity contribution is 0.0601. The monoisotopic (exact) mass is 480 g/mol. The van der Waals surface area contributed by atoms with Crippen LogP contribution in [0.5, 0.6) is 0 Å². The molecule has 0 bridgehead atoms. The van der Waals surface area contributed by atoms with E-state index in [2.05, 4.69) is 40.8 Å². The minimum Gasteiger partial charge on any atom is -0.465 e. The normalized spacial score (nSPS) is 14.4. The van der Waals surface area contributed by atoms with Gasteiger partial charge >= 0.3 is 5.97 Å². The number of rotatable bonds is 9. The van der Waals surface area contributed by atoms with Crippen LogP contribution in [0.3, 0.4) is 0 Å². The number of methoxy groups -OCH3 is 1. The number of carbonyl (C=O) groups is 2. The largest absolute Gasteiger partial charge is 0.465 e. The Bertz CT molecular complexity index is 1470. The molecule has 0 aliphatic heterocycles. The van der Waals surface area contributed by atoms with Gasteiger partial charge in [-0.2, -0.15) is 0 Å². The zero-order valence-corrected chi connectivity index (χ0v) is 20.3. The lowest BCUT2D eigenvalue weighted by atomic mass is 10.0. The molecule has 1 atom stereocenters. The molecule has 2 N–H and O–H groups in total. The number of benzene rings is 2. The van der Waals surface area contributed by atoms with Gasteiger partial charge in [0.2, 0.25) is 5.78 Å². The third-order valence-corrected chi connectivity index (χ3v) is 6.40. The van der Waals surface area contributed by atoms with Crippen LogP contribution >= 0.6 is 0 Å². The molecule has 7 heteroatoms. The van der Waals surface area contributed by atoms with Crippen molar-refractivity contribution in [3.8, 4) is 0 Å². The fourth-order valence-corrected chi connectivity index (χ4v) is 4.61. The van der Waals surface area contributed by atoms with Gasteiger partial charge in [0.15, 0.2) is 5.82 Å². The Morgan fingerprint density at radius 3 is 2.75 bits per heavy atom. The molecule has 2 heterocycles. The van der Waals surface area contributed by atoms with E-state index in [9.17, 15) is 9.59 Å². The van der Waals surface area contributed by atoms with Crippen molar-refractivity contribution in [3.63, 3.8) is 0 Å². The number of hydrogen-bond donors (Lipinski definition) is 2. The average Bonchev–Trinajstić information content (AvgIpc) is 3.50. The predicted octanol–water partition coefficient (Wildman–Crippen LogP) is 4.90. The molecule has 0 radical (unpaired) electrons. The Balaban J connectivity index is 1.49. The zero-order chi connectivity index (χ0) is 25.1. The van der Waals surface area contributed by atoms with Crippen LogP contribution in [-0.2, 0) is 4.74 Å². The van der Waals surface area contributed by atoms with E-state index in [1.165, 1.54) is 12.7 Å². The maximum Gasteiger partial charge on any atom is 0.339 e. The van der Waals surface area contributed by atoms with E-state index in [4.69, 9.17) is 4.74 Å². The number of ketones is 1. The van der Waals surface area contributed by atoms with Crippen molar-refractivity contribution in [3.05, 3.63) is 107 Å². The summed E-state index contributed by atoms with van der Waals surface area (Å²) in [6.07, 6.45) is 6.69. The summed E-state index contributed by atoms with van der Waals surface area (Å²) in [6, 6.07) is 18.8. The minimum atomic E-state index is -0.513. The highest BCUT2D eigenvalue weighted by atomic mass is 16.5. The van der Waals surface area contributed by atoms with E-state index in [1.54, 1.807) is 35.0 Å². The predicted molar refractivity (Wildman–Crippen MR) is 140 cm³/mol. The Hall–Kier alpha value is -4.23. The third-order valence-electron chi connectivity index (χ3n) is 6.40. The van der Waals surface area contributed by atoms with Gasteiger partial charge in [0.05, 0.1) is 30.4 Å². The Morgan fingerprint density at radius 1 is 1.08 bits per heavy atom. The molecule has 1 aliphatic carbocycles. The molecule has 1 unspecified atom stereocenters. The fraction of sp³-hybridized carbons (Fsp3) is 0.207. The summed E-state index contributed by atoms with van der Waals surface area (Å²) in [6.45, 7) is 3.79. The van der Waals surface area contributed by atoms with Crippen LogP contribution in [0.15, 0.2) is 78.6 Å². The SMILES string of the molecule is CCCNCC1=Cc2ccccc2C1Nc1ccc(C(=O)c2ncc3ccccn23)cc1C(=O)OC. The number of hydrogen-bond acceptors (Lipinski definition) is 6. The highest BCUT2D eigenvalue weighted by Crippen LogP contribution is 2.37. The highest BCUT2D eigenvalue weighted by Gasteiger charge is 2.27. The molecule has 182 valence electrons. The van der Waals surface area contributed by atoms with Crippen molar-refractivity contribution >= 4 is 29.0 Å². The molecular weight excluding hydrogens is 452 g/mol. The van der Waals surface area contributed by atoms with Crippen molar-refractivity contribution in [2.24, 2.45) is 0 Å². The number of pyridine rings is 1. The molecule has 2 aromatic carbocycles. The van der Waals surface area contributed by atoms with E-state index >= 15 is 0 Å². The van der Waals surface area contributed by atoms with Gasteiger partial charge in [-0.05, 0) is 60.0 Å². The molecule has 36 heavy (non-hydrogen) atoms. The molecule has 5 rings (SSSR count). The van der Waals surface area contributed by atoms with Crippen molar-refractivity contribution in [2.75, 3.05) is 25.5 Å². The van der Waals surface area contributed by atoms with Gasteiger partial charge in [0, 0.05) is 24.0 Å². The molecule has 4 aromatic rings. The van der Waals surface area contributed by atoms with Gasteiger partial charge < -0.3 is 15.4 Å². The lowest BCUT2D eigenvalue weighted by Gasteiger charge is -2.22. The van der Waals surface area contributed by atoms with Crippen LogP contribution in [0.2, 0.25) is 0 Å². The Morgan fingerprint density at radius 2 is 1.92 bits per heavy atom. The summed E-state index contributed by atoms with van der Waals surface area (Å²) >= 11 is 0. The van der Waals surface area contributed by atoms with Gasteiger partial charge in [-0.1, -0.05) is 43.3 Å². The van der Waals surface area contributed by atoms with Crippen LogP contribution in [0.25, 0.3) is 11.6 Å². The molecule has 0 spiro atoms. The van der Waals surface area contributed by atoms with Gasteiger partial charge in [-0.15, -0.1) is 0 Å². The van der Waals surface area contributed by atoms with Crippen LogP contribution in [0, 0.1) is 0 Å². The van der Waals surface area contributed by atoms with Crippen LogP contribution in [0.1, 0.15) is 57.1 Å². The first-order valence-electron chi connectivity index (χ1n) is 12.1. The lowest BCUT2D eigenvalue weighted by Crippen LogP contribution is -2.23. The number of aromatic nitrogens is 2. The first-order chi connectivity index (χ1) is 17.6. The van der Waals surface area contributed by atoms with Crippen molar-refractivity contribution in [2.45, 2.75) is 19.4 Å². The second-order valence-electron chi connectivity index (χ2n) is 8.76. The van der Waals surface area contributed by atoms with Crippen molar-refractivity contribution in [1.29, 1.82) is 0 Å². The van der Waals surface area contributed by atoms with E-state index in [0.717, 1.165) is 36.2 Å². The van der Waals surface area contributed by atoms with Crippen LogP contribution in [-0.4, -0.2) is 41.3 Å². The van der Waals surface area contributed by atoms with Crippen LogP contribution < -0.4 is 10.6 Å². The molecular formula is C29H28N4O3. The molecule has 2 aromatic heterocycles. The number of ether oxygens (including phenoxy) is 1. The number of nitrogens with one attached hydrogen (secondary N) is 2. The summed E-state index contributed by atoms with van der Waals surface area (Å²) in [5.74, 6) is -0.492. The summed E-state index contributed by atoms with van der Waals surface area (Å²) in [5.41, 5.74) is 5.58. The van der Waals surface area contributed by atoms with E-state index in [-0.39, 0.29) is 11.8 Å². The maximum atomic E-state index is 13.3. The number of fused-ring (bicyclic) bond motifs is 2. The first kappa shape index (κ1) is 23.5. The van der Waals surface area contributed by atoms with E-state index < -0.39 is 5.97 Å². The fourth-order valence-electron chi connectivity index (χ4n) is 4.61. The molecule has 0 saturated carbocycles. The van der Waals surface area contributed by atoms with E-state index in [0.29, 0.717) is 22.6 Å². The second kappa shape index (κ2) is 10.2. The van der Waals surface area contributed by atoms with Gasteiger partial charge in [-0.25, -0.2) is 9.78 Å².